The summed E-state index contributed by atoms with van der Waals surface area (Å²) in [7, 11) is 0. The molecule has 0 aromatic rings. The fraction of sp³-hybridized carbons (Fsp3) is 0.875. The number of hydrogen-bond donors (Lipinski definition) is 0. The van der Waals surface area contributed by atoms with Gasteiger partial charge in [0.1, 0.15) is 0 Å². The SMILES string of the molecule is CCCC1N(C(C)C)N=CN1[N+](=O)[O-]. The molecule has 0 aromatic carbocycles. The molecule has 1 aliphatic rings. The van der Waals surface area contributed by atoms with Crippen molar-refractivity contribution in [2.75, 3.05) is 0 Å². The zero-order valence-electron chi connectivity index (χ0n) is 8.75. The Balaban J connectivity index is 2.73. The Hall–Kier alpha value is -1.33. The minimum Gasteiger partial charge on any atom is -0.264 e. The van der Waals surface area contributed by atoms with Gasteiger partial charge in [-0.05, 0) is 20.3 Å². The van der Waals surface area contributed by atoms with E-state index in [1.165, 1.54) is 6.34 Å². The van der Waals surface area contributed by atoms with Gasteiger partial charge < -0.3 is 0 Å². The number of nitro groups is 1. The zero-order valence-corrected chi connectivity index (χ0v) is 8.75. The predicted octanol–water partition coefficient (Wildman–Crippen LogP) is 1.27. The van der Waals surface area contributed by atoms with E-state index >= 15 is 0 Å². The van der Waals surface area contributed by atoms with Crippen molar-refractivity contribution in [3.05, 3.63) is 10.1 Å². The number of nitrogens with zero attached hydrogens (tertiary/aromatic N) is 4. The van der Waals surface area contributed by atoms with Crippen LogP contribution in [0, 0.1) is 10.1 Å². The molecule has 6 heteroatoms. The molecule has 0 aliphatic carbocycles. The van der Waals surface area contributed by atoms with Crippen LogP contribution in [0.3, 0.4) is 0 Å². The van der Waals surface area contributed by atoms with Gasteiger partial charge in [0, 0.05) is 6.04 Å². The summed E-state index contributed by atoms with van der Waals surface area (Å²) in [5.74, 6) is 0. The van der Waals surface area contributed by atoms with Crippen LogP contribution in [0.15, 0.2) is 5.10 Å². The zero-order chi connectivity index (χ0) is 10.7. The fourth-order valence-electron chi connectivity index (χ4n) is 1.54. The van der Waals surface area contributed by atoms with E-state index in [0.29, 0.717) is 0 Å². The maximum absolute atomic E-state index is 10.7. The van der Waals surface area contributed by atoms with Crippen LogP contribution in [0.4, 0.5) is 0 Å². The minimum atomic E-state index is -0.411. The highest BCUT2D eigenvalue weighted by Gasteiger charge is 2.35. The topological polar surface area (TPSA) is 62.0 Å². The Morgan fingerprint density at radius 3 is 2.71 bits per heavy atom. The van der Waals surface area contributed by atoms with Crippen LogP contribution in [0.1, 0.15) is 33.6 Å². The van der Waals surface area contributed by atoms with Crippen molar-refractivity contribution >= 4 is 6.34 Å². The molecule has 0 radical (unpaired) electrons. The van der Waals surface area contributed by atoms with Crippen LogP contribution in [0.25, 0.3) is 0 Å². The third-order valence-corrected chi connectivity index (χ3v) is 2.18. The highest BCUT2D eigenvalue weighted by molar-refractivity contribution is 5.55. The number of rotatable bonds is 4. The van der Waals surface area contributed by atoms with Crippen molar-refractivity contribution in [3.8, 4) is 0 Å². The first-order valence-corrected chi connectivity index (χ1v) is 4.83. The normalized spacial score (nSPS) is 21.0. The second-order valence-corrected chi connectivity index (χ2v) is 3.59. The molecule has 1 atom stereocenters. The van der Waals surface area contributed by atoms with Crippen LogP contribution < -0.4 is 0 Å². The summed E-state index contributed by atoms with van der Waals surface area (Å²) in [5, 5.41) is 17.1. The molecule has 0 N–H and O–H groups in total. The first kappa shape index (κ1) is 10.7. The standard InChI is InChI=1S/C8H16N4O2/c1-4-5-8-10(12(13)14)6-9-11(8)7(2)3/h6-8H,4-5H2,1-3H3. The quantitative estimate of drug-likeness (QED) is 0.506. The summed E-state index contributed by atoms with van der Waals surface area (Å²) < 4.78 is 0. The monoisotopic (exact) mass is 200 g/mol. The molecule has 0 amide bonds. The second kappa shape index (κ2) is 4.26. The Labute approximate surface area is 83.3 Å². The molecule has 0 saturated carbocycles. The molecule has 0 aromatic heterocycles. The number of hydrazine groups is 1. The van der Waals surface area contributed by atoms with E-state index < -0.39 is 5.03 Å². The van der Waals surface area contributed by atoms with E-state index in [1.54, 1.807) is 5.01 Å². The van der Waals surface area contributed by atoms with Gasteiger partial charge in [-0.3, -0.25) is 5.01 Å². The van der Waals surface area contributed by atoms with Crippen LogP contribution >= 0.6 is 0 Å². The van der Waals surface area contributed by atoms with Gasteiger partial charge in [-0.15, -0.1) is 0 Å². The lowest BCUT2D eigenvalue weighted by molar-refractivity contribution is -0.638. The summed E-state index contributed by atoms with van der Waals surface area (Å²) in [5.41, 5.74) is 0. The second-order valence-electron chi connectivity index (χ2n) is 3.59. The van der Waals surface area contributed by atoms with Crippen LogP contribution in [0.5, 0.6) is 0 Å². The van der Waals surface area contributed by atoms with E-state index in [2.05, 4.69) is 5.10 Å². The maximum atomic E-state index is 10.7. The number of hydrogen-bond acceptors (Lipinski definition) is 4. The van der Waals surface area contributed by atoms with Crippen molar-refractivity contribution in [2.24, 2.45) is 5.10 Å². The average molecular weight is 200 g/mol. The molecule has 6 nitrogen and oxygen atoms in total. The first-order valence-electron chi connectivity index (χ1n) is 4.83. The van der Waals surface area contributed by atoms with E-state index in [1.807, 2.05) is 20.8 Å². The number of hydrazone groups is 1. The van der Waals surface area contributed by atoms with Gasteiger partial charge in [-0.1, -0.05) is 18.4 Å². The van der Waals surface area contributed by atoms with Crippen LogP contribution in [-0.4, -0.2) is 33.6 Å². The van der Waals surface area contributed by atoms with Gasteiger partial charge in [0.2, 0.25) is 0 Å². The maximum Gasteiger partial charge on any atom is 0.183 e. The van der Waals surface area contributed by atoms with Crippen molar-refractivity contribution in [1.82, 2.24) is 10.0 Å². The molecule has 1 heterocycles. The molecule has 80 valence electrons. The molecule has 0 bridgehead atoms. The van der Waals surface area contributed by atoms with Crippen LogP contribution in [0.2, 0.25) is 0 Å². The molecule has 14 heavy (non-hydrogen) atoms. The van der Waals surface area contributed by atoms with Crippen molar-refractivity contribution < 1.29 is 5.03 Å². The Kier molecular flexibility index (Phi) is 3.27. The summed E-state index contributed by atoms with van der Waals surface area (Å²) >= 11 is 0. The van der Waals surface area contributed by atoms with E-state index in [4.69, 9.17) is 0 Å². The lowest BCUT2D eigenvalue weighted by Crippen LogP contribution is -2.45. The third kappa shape index (κ3) is 1.94. The van der Waals surface area contributed by atoms with Gasteiger partial charge >= 0.3 is 0 Å². The van der Waals surface area contributed by atoms with Crippen molar-refractivity contribution in [2.45, 2.75) is 45.8 Å². The first-order chi connectivity index (χ1) is 6.57. The molecule has 0 saturated heterocycles. The molecule has 0 fully saturated rings. The van der Waals surface area contributed by atoms with Gasteiger partial charge in [-0.25, -0.2) is 10.1 Å². The van der Waals surface area contributed by atoms with Gasteiger partial charge in [-0.2, -0.15) is 5.10 Å². The summed E-state index contributed by atoms with van der Waals surface area (Å²) in [6, 6.07) is 0.188. The predicted molar refractivity (Wildman–Crippen MR) is 53.0 cm³/mol. The molecular weight excluding hydrogens is 184 g/mol. The third-order valence-electron chi connectivity index (χ3n) is 2.18. The minimum absolute atomic E-state index is 0.188. The van der Waals surface area contributed by atoms with E-state index in [0.717, 1.165) is 17.9 Å². The highest BCUT2D eigenvalue weighted by atomic mass is 16.7. The highest BCUT2D eigenvalue weighted by Crippen LogP contribution is 2.19. The fourth-order valence-corrected chi connectivity index (χ4v) is 1.54. The van der Waals surface area contributed by atoms with Gasteiger partial charge in [0.15, 0.2) is 17.5 Å². The molecular formula is C8H16N4O2. The summed E-state index contributed by atoms with van der Waals surface area (Å²) in [4.78, 5) is 10.7. The Bertz CT molecular complexity index is 241. The smallest absolute Gasteiger partial charge is 0.183 e. The Morgan fingerprint density at radius 2 is 2.29 bits per heavy atom. The van der Waals surface area contributed by atoms with E-state index in [9.17, 15) is 10.1 Å². The molecule has 1 rings (SSSR count). The average Bonchev–Trinajstić information content (AvgIpc) is 2.48. The van der Waals surface area contributed by atoms with Gasteiger partial charge in [0.05, 0.1) is 0 Å². The summed E-state index contributed by atoms with van der Waals surface area (Å²) in [6.45, 7) is 5.96. The lowest BCUT2D eigenvalue weighted by atomic mass is 10.2. The van der Waals surface area contributed by atoms with Crippen LogP contribution in [-0.2, 0) is 0 Å². The summed E-state index contributed by atoms with van der Waals surface area (Å²) in [6.07, 6.45) is 2.72. The van der Waals surface area contributed by atoms with Crippen molar-refractivity contribution in [1.29, 1.82) is 0 Å². The largest absolute Gasteiger partial charge is 0.264 e. The van der Waals surface area contributed by atoms with Gasteiger partial charge in [0.25, 0.3) is 0 Å². The van der Waals surface area contributed by atoms with Crippen molar-refractivity contribution in [3.63, 3.8) is 0 Å². The lowest BCUT2D eigenvalue weighted by Gasteiger charge is -2.27. The molecule has 0 spiro atoms. The molecule has 1 unspecified atom stereocenters. The Morgan fingerprint density at radius 1 is 1.64 bits per heavy atom. The molecule has 1 aliphatic heterocycles. The van der Waals surface area contributed by atoms with E-state index in [-0.39, 0.29) is 12.2 Å².